The van der Waals surface area contributed by atoms with Gasteiger partial charge < -0.3 is 4.74 Å². The van der Waals surface area contributed by atoms with Crippen molar-refractivity contribution in [2.45, 2.75) is 76.2 Å². The lowest BCUT2D eigenvalue weighted by Gasteiger charge is -2.61. The summed E-state index contributed by atoms with van der Waals surface area (Å²) >= 11 is 0.142. The maximum absolute atomic E-state index is 12.9. The average Bonchev–Trinajstić information content (AvgIpc) is 2.61. The zero-order chi connectivity index (χ0) is 17.3. The lowest BCUT2D eigenvalue weighted by atomic mass is 9.45. The molecule has 0 radical (unpaired) electrons. The lowest BCUT2D eigenvalue weighted by Crippen LogP contribution is -2.58. The van der Waals surface area contributed by atoms with E-state index in [-0.39, 0.29) is 34.5 Å². The first-order valence-corrected chi connectivity index (χ1v) is 9.20. The first-order valence-electron chi connectivity index (χ1n) is 8.32. The number of rotatable bonds is 1. The van der Waals surface area contributed by atoms with E-state index >= 15 is 0 Å². The summed E-state index contributed by atoms with van der Waals surface area (Å²) in [5.74, 6) is 0.174. The van der Waals surface area contributed by atoms with Crippen molar-refractivity contribution < 1.29 is 22.7 Å². The fourth-order valence-corrected chi connectivity index (χ4v) is 7.38. The van der Waals surface area contributed by atoms with Gasteiger partial charge in [-0.2, -0.15) is 13.2 Å². The van der Waals surface area contributed by atoms with Gasteiger partial charge in [-0.25, -0.2) is 0 Å². The number of carbonyl (C=O) groups is 1. The van der Waals surface area contributed by atoms with Gasteiger partial charge in [-0.15, -0.1) is 0 Å². The summed E-state index contributed by atoms with van der Waals surface area (Å²) in [6.45, 7) is 8.27. The quantitative estimate of drug-likeness (QED) is 0.611. The molecule has 1 heterocycles. The number of fused-ring (bicyclic) bond motifs is 3. The summed E-state index contributed by atoms with van der Waals surface area (Å²) in [4.78, 5) is 11.9. The fourth-order valence-electron chi connectivity index (χ4n) is 6.05. The van der Waals surface area contributed by atoms with E-state index in [1.54, 1.807) is 0 Å². The van der Waals surface area contributed by atoms with Crippen LogP contribution in [0.5, 0.6) is 0 Å². The van der Waals surface area contributed by atoms with E-state index in [9.17, 15) is 18.0 Å². The van der Waals surface area contributed by atoms with Crippen molar-refractivity contribution in [3.63, 3.8) is 0 Å². The second-order valence-electron chi connectivity index (χ2n) is 8.72. The SMILES string of the molecule is CC1(C)C[C@H](SC(F)(F)F)C[C@@]2(C)C1CC[C@@]1(C)OC(=O)C[C@@H]12. The smallest absolute Gasteiger partial charge is 0.442 e. The molecule has 3 rings (SSSR count). The molecule has 23 heavy (non-hydrogen) atoms. The molecule has 6 heteroatoms. The third-order valence-corrected chi connectivity index (χ3v) is 7.58. The molecular formula is C17H25F3O2S. The average molecular weight is 350 g/mol. The van der Waals surface area contributed by atoms with Crippen LogP contribution in [0.1, 0.15) is 59.8 Å². The number of carbonyl (C=O) groups excluding carboxylic acids is 1. The Labute approximate surface area is 139 Å². The Morgan fingerprint density at radius 3 is 2.39 bits per heavy atom. The number of hydrogen-bond donors (Lipinski definition) is 0. The van der Waals surface area contributed by atoms with E-state index < -0.39 is 16.4 Å². The van der Waals surface area contributed by atoms with Crippen LogP contribution in [0.4, 0.5) is 13.2 Å². The minimum Gasteiger partial charge on any atom is -0.459 e. The van der Waals surface area contributed by atoms with Crippen molar-refractivity contribution in [1.82, 2.24) is 0 Å². The van der Waals surface area contributed by atoms with Crippen molar-refractivity contribution >= 4 is 17.7 Å². The molecule has 2 aliphatic carbocycles. The first kappa shape index (κ1) is 17.4. The molecule has 3 fully saturated rings. The van der Waals surface area contributed by atoms with E-state index in [0.29, 0.717) is 25.2 Å². The minimum atomic E-state index is -4.20. The normalized spacial score (nSPS) is 46.0. The molecule has 0 spiro atoms. The van der Waals surface area contributed by atoms with Gasteiger partial charge in [-0.1, -0.05) is 20.8 Å². The Morgan fingerprint density at radius 2 is 1.78 bits per heavy atom. The highest BCUT2D eigenvalue weighted by Gasteiger charge is 2.64. The van der Waals surface area contributed by atoms with Crippen molar-refractivity contribution in [2.24, 2.45) is 22.7 Å². The Kier molecular flexibility index (Phi) is 3.83. The standard InChI is InChI=1S/C17H25F3O2S/c1-14(2)8-10(23-17(18,19)20)9-15(3)11(14)5-6-16(4)12(15)7-13(21)22-16/h10-12H,5-9H2,1-4H3/t10-,11?,12+,15-,16+/m0/s1. The molecule has 2 nitrogen and oxygen atoms in total. The highest BCUT2D eigenvalue weighted by Crippen LogP contribution is 2.66. The topological polar surface area (TPSA) is 26.3 Å². The molecule has 0 N–H and O–H groups in total. The van der Waals surface area contributed by atoms with Gasteiger partial charge in [-0.05, 0) is 61.1 Å². The van der Waals surface area contributed by atoms with Crippen molar-refractivity contribution in [2.75, 3.05) is 0 Å². The summed E-state index contributed by atoms with van der Waals surface area (Å²) < 4.78 is 44.4. The van der Waals surface area contributed by atoms with E-state index in [4.69, 9.17) is 4.74 Å². The highest BCUT2D eigenvalue weighted by atomic mass is 32.2. The Bertz CT molecular complexity index is 518. The molecule has 0 amide bonds. The van der Waals surface area contributed by atoms with Crippen LogP contribution in [0.2, 0.25) is 0 Å². The second-order valence-corrected chi connectivity index (χ2v) is 10.1. The van der Waals surface area contributed by atoms with E-state index in [2.05, 4.69) is 20.8 Å². The van der Waals surface area contributed by atoms with Gasteiger partial charge in [-0.3, -0.25) is 4.79 Å². The van der Waals surface area contributed by atoms with Crippen molar-refractivity contribution in [3.8, 4) is 0 Å². The van der Waals surface area contributed by atoms with Gasteiger partial charge in [0.2, 0.25) is 0 Å². The van der Waals surface area contributed by atoms with Gasteiger partial charge in [0, 0.05) is 11.2 Å². The van der Waals surface area contributed by atoms with Gasteiger partial charge in [0.05, 0.1) is 6.42 Å². The van der Waals surface area contributed by atoms with Crippen molar-refractivity contribution in [1.29, 1.82) is 0 Å². The molecule has 5 atom stereocenters. The molecular weight excluding hydrogens is 325 g/mol. The van der Waals surface area contributed by atoms with Crippen molar-refractivity contribution in [3.05, 3.63) is 0 Å². The molecule has 0 aromatic rings. The second kappa shape index (κ2) is 5.06. The fraction of sp³-hybridized carbons (Fsp3) is 0.941. The molecule has 0 bridgehead atoms. The third kappa shape index (κ3) is 2.89. The molecule has 132 valence electrons. The minimum absolute atomic E-state index is 0.0251. The van der Waals surface area contributed by atoms with Gasteiger partial charge >= 0.3 is 11.5 Å². The molecule has 1 aliphatic heterocycles. The number of ether oxygens (including phenoxy) is 1. The molecule has 0 aromatic carbocycles. The molecule has 2 saturated carbocycles. The summed E-state index contributed by atoms with van der Waals surface area (Å²) in [5.41, 5.74) is -5.13. The number of esters is 1. The monoisotopic (exact) mass is 350 g/mol. The Morgan fingerprint density at radius 1 is 1.13 bits per heavy atom. The van der Waals surface area contributed by atoms with Crippen LogP contribution in [-0.4, -0.2) is 22.3 Å². The first-order chi connectivity index (χ1) is 10.4. The van der Waals surface area contributed by atoms with E-state index in [0.717, 1.165) is 12.8 Å². The summed E-state index contributed by atoms with van der Waals surface area (Å²) in [5, 5.41) is -0.440. The Balaban J connectivity index is 1.94. The largest absolute Gasteiger partial charge is 0.459 e. The number of alkyl halides is 3. The molecule has 3 aliphatic rings. The maximum atomic E-state index is 12.9. The van der Waals surface area contributed by atoms with Crippen LogP contribution in [0.3, 0.4) is 0 Å². The number of hydrogen-bond acceptors (Lipinski definition) is 3. The van der Waals surface area contributed by atoms with Crippen LogP contribution in [0, 0.1) is 22.7 Å². The summed E-state index contributed by atoms with van der Waals surface area (Å²) in [6.07, 6.45) is 3.19. The Hall–Kier alpha value is -0.390. The van der Waals surface area contributed by atoms with Gasteiger partial charge in [0.25, 0.3) is 0 Å². The van der Waals surface area contributed by atoms with Gasteiger partial charge in [0.1, 0.15) is 5.60 Å². The van der Waals surface area contributed by atoms with Gasteiger partial charge in [0.15, 0.2) is 0 Å². The predicted octanol–water partition coefficient (Wildman–Crippen LogP) is 5.17. The third-order valence-electron chi connectivity index (χ3n) is 6.64. The van der Waals surface area contributed by atoms with Crippen LogP contribution in [0.15, 0.2) is 0 Å². The highest BCUT2D eigenvalue weighted by molar-refractivity contribution is 8.00. The summed E-state index contributed by atoms with van der Waals surface area (Å²) in [6, 6.07) is 0. The number of thioether (sulfide) groups is 1. The lowest BCUT2D eigenvalue weighted by molar-refractivity contribution is -0.164. The molecule has 0 aromatic heterocycles. The van der Waals surface area contributed by atoms with Crippen LogP contribution in [-0.2, 0) is 9.53 Å². The number of halogens is 3. The van der Waals surface area contributed by atoms with Crippen LogP contribution >= 0.6 is 11.8 Å². The van der Waals surface area contributed by atoms with Crippen LogP contribution in [0.25, 0.3) is 0 Å². The summed E-state index contributed by atoms with van der Waals surface area (Å²) in [7, 11) is 0. The van der Waals surface area contributed by atoms with Crippen LogP contribution < -0.4 is 0 Å². The molecule has 1 saturated heterocycles. The zero-order valence-corrected chi connectivity index (χ0v) is 14.9. The predicted molar refractivity (Wildman–Crippen MR) is 83.9 cm³/mol. The maximum Gasteiger partial charge on any atom is 0.442 e. The van der Waals surface area contributed by atoms with E-state index in [1.807, 2.05) is 6.92 Å². The van der Waals surface area contributed by atoms with E-state index in [1.165, 1.54) is 0 Å². The zero-order valence-electron chi connectivity index (χ0n) is 14.1. The molecule has 1 unspecified atom stereocenters.